The molecule has 0 aliphatic carbocycles. The Labute approximate surface area is 167 Å². The predicted molar refractivity (Wildman–Crippen MR) is 103 cm³/mol. The van der Waals surface area contributed by atoms with Crippen molar-refractivity contribution in [1.29, 1.82) is 0 Å². The number of fused-ring (bicyclic) bond motifs is 1. The van der Waals surface area contributed by atoms with Crippen molar-refractivity contribution in [2.45, 2.75) is 64.1 Å². The van der Waals surface area contributed by atoms with Gasteiger partial charge in [0.15, 0.2) is 0 Å². The number of imidazole rings is 1. The number of carbonyl (C=O) groups excluding carboxylic acids is 1. The van der Waals surface area contributed by atoms with Crippen LogP contribution in [0.4, 0.5) is 18.0 Å². The number of hydrogen-bond donors (Lipinski definition) is 2. The summed E-state index contributed by atoms with van der Waals surface area (Å²) in [6, 6.07) is 3.67. The number of amides is 1. The minimum Gasteiger partial charge on any atom is -0.444 e. The molecular weight excluding hydrogens is 395 g/mol. The van der Waals surface area contributed by atoms with Crippen LogP contribution in [0.3, 0.4) is 0 Å². The minimum atomic E-state index is -4.20. The first-order chi connectivity index (χ1) is 13.0. The van der Waals surface area contributed by atoms with Crippen molar-refractivity contribution in [3.63, 3.8) is 0 Å². The Bertz CT molecular complexity index is 813. The van der Waals surface area contributed by atoms with Gasteiger partial charge in [-0.25, -0.2) is 9.78 Å². The summed E-state index contributed by atoms with van der Waals surface area (Å²) in [4.78, 5) is 19.3. The van der Waals surface area contributed by atoms with Gasteiger partial charge in [0.05, 0.1) is 16.9 Å². The zero-order valence-electron chi connectivity index (χ0n) is 16.2. The SMILES string of the molecule is CC(C)(C)OC(=O)NCCc1ccc2[nH]c(CCl)nc2c1CCCC(F)(F)F. The number of hydrogen-bond acceptors (Lipinski definition) is 3. The summed E-state index contributed by atoms with van der Waals surface area (Å²) in [7, 11) is 0. The second kappa shape index (κ2) is 9.03. The number of alkyl halides is 4. The standard InChI is InChI=1S/C19H25ClF3N3O2/c1-18(2,3)28-17(27)24-10-8-12-6-7-14-16(26-15(11-20)25-14)13(12)5-4-9-19(21,22)23/h6-7H,4-5,8-11H2,1-3H3,(H,24,27)(H,25,26). The summed E-state index contributed by atoms with van der Waals surface area (Å²) >= 11 is 5.82. The van der Waals surface area contributed by atoms with Gasteiger partial charge in [0, 0.05) is 13.0 Å². The lowest BCUT2D eigenvalue weighted by Crippen LogP contribution is -2.33. The zero-order valence-corrected chi connectivity index (χ0v) is 16.9. The van der Waals surface area contributed by atoms with E-state index in [1.165, 1.54) is 0 Å². The van der Waals surface area contributed by atoms with E-state index in [4.69, 9.17) is 16.3 Å². The van der Waals surface area contributed by atoms with Gasteiger partial charge in [-0.05, 0) is 57.2 Å². The Balaban J connectivity index is 2.14. The van der Waals surface area contributed by atoms with Crippen molar-refractivity contribution in [2.75, 3.05) is 6.54 Å². The molecule has 0 atom stereocenters. The number of benzene rings is 1. The smallest absolute Gasteiger partial charge is 0.407 e. The molecule has 1 heterocycles. The number of nitrogens with zero attached hydrogens (tertiary/aromatic N) is 1. The fourth-order valence-electron chi connectivity index (χ4n) is 2.88. The highest BCUT2D eigenvalue weighted by Crippen LogP contribution is 2.27. The van der Waals surface area contributed by atoms with Crippen molar-refractivity contribution < 1.29 is 22.7 Å². The molecule has 0 saturated carbocycles. The molecular formula is C19H25ClF3N3O2. The van der Waals surface area contributed by atoms with E-state index in [9.17, 15) is 18.0 Å². The van der Waals surface area contributed by atoms with Crippen LogP contribution < -0.4 is 5.32 Å². The number of carbonyl (C=O) groups is 1. The van der Waals surface area contributed by atoms with E-state index >= 15 is 0 Å². The molecule has 2 aromatic rings. The Kier molecular flexibility index (Phi) is 7.20. The van der Waals surface area contributed by atoms with E-state index in [-0.39, 0.29) is 18.7 Å². The first kappa shape index (κ1) is 22.3. The number of alkyl carbamates (subject to hydrolysis) is 1. The largest absolute Gasteiger partial charge is 0.444 e. The molecule has 0 saturated heterocycles. The van der Waals surface area contributed by atoms with Crippen molar-refractivity contribution in [3.8, 4) is 0 Å². The van der Waals surface area contributed by atoms with Gasteiger partial charge in [0.25, 0.3) is 0 Å². The monoisotopic (exact) mass is 419 g/mol. The molecule has 0 aliphatic rings. The van der Waals surface area contributed by atoms with E-state index in [2.05, 4.69) is 15.3 Å². The van der Waals surface area contributed by atoms with Crippen LogP contribution in [0.5, 0.6) is 0 Å². The molecule has 1 aromatic carbocycles. The second-order valence-corrected chi connectivity index (χ2v) is 7.83. The van der Waals surface area contributed by atoms with Gasteiger partial charge < -0.3 is 15.0 Å². The zero-order chi connectivity index (χ0) is 20.9. The number of aryl methyl sites for hydroxylation is 1. The first-order valence-corrected chi connectivity index (χ1v) is 9.61. The number of ether oxygens (including phenoxy) is 1. The van der Waals surface area contributed by atoms with Crippen molar-refractivity contribution in [2.24, 2.45) is 0 Å². The molecule has 0 fully saturated rings. The van der Waals surface area contributed by atoms with Crippen LogP contribution in [0.25, 0.3) is 11.0 Å². The van der Waals surface area contributed by atoms with Gasteiger partial charge in [-0.3, -0.25) is 0 Å². The number of H-pyrrole nitrogens is 1. The maximum atomic E-state index is 12.6. The number of halogens is 4. The highest BCUT2D eigenvalue weighted by molar-refractivity contribution is 6.16. The fourth-order valence-corrected chi connectivity index (χ4v) is 3.01. The molecule has 0 unspecified atom stereocenters. The van der Waals surface area contributed by atoms with Crippen molar-refractivity contribution >= 4 is 28.7 Å². The van der Waals surface area contributed by atoms with E-state index in [0.29, 0.717) is 24.3 Å². The van der Waals surface area contributed by atoms with Gasteiger partial charge >= 0.3 is 12.3 Å². The Morgan fingerprint density at radius 1 is 1.25 bits per heavy atom. The Hall–Kier alpha value is -1.96. The topological polar surface area (TPSA) is 67.0 Å². The van der Waals surface area contributed by atoms with Crippen molar-refractivity contribution in [1.82, 2.24) is 15.3 Å². The van der Waals surface area contributed by atoms with Crippen LogP contribution in [-0.2, 0) is 23.5 Å². The third-order valence-corrected chi connectivity index (χ3v) is 4.23. The minimum absolute atomic E-state index is 0.0296. The van der Waals surface area contributed by atoms with Gasteiger partial charge in [-0.15, -0.1) is 11.6 Å². The summed E-state index contributed by atoms with van der Waals surface area (Å²) in [6.45, 7) is 5.61. The van der Waals surface area contributed by atoms with Gasteiger partial charge in [-0.2, -0.15) is 13.2 Å². The Morgan fingerprint density at radius 2 is 1.96 bits per heavy atom. The average Bonchev–Trinajstić information content (AvgIpc) is 2.97. The molecule has 0 bridgehead atoms. The predicted octanol–water partition coefficient (Wildman–Crippen LogP) is 5.25. The van der Waals surface area contributed by atoms with Crippen LogP contribution >= 0.6 is 11.6 Å². The number of aromatic nitrogens is 2. The lowest BCUT2D eigenvalue weighted by molar-refractivity contribution is -0.135. The quantitative estimate of drug-likeness (QED) is 0.602. The van der Waals surface area contributed by atoms with Crippen molar-refractivity contribution in [3.05, 3.63) is 29.1 Å². The molecule has 28 heavy (non-hydrogen) atoms. The molecule has 5 nitrogen and oxygen atoms in total. The van der Waals surface area contributed by atoms with E-state index in [1.54, 1.807) is 20.8 Å². The van der Waals surface area contributed by atoms with Crippen LogP contribution in [0.2, 0.25) is 0 Å². The second-order valence-electron chi connectivity index (χ2n) is 7.56. The van der Waals surface area contributed by atoms with E-state index in [1.807, 2.05) is 12.1 Å². The lowest BCUT2D eigenvalue weighted by atomic mass is 9.98. The first-order valence-electron chi connectivity index (χ1n) is 9.07. The summed E-state index contributed by atoms with van der Waals surface area (Å²) in [5, 5.41) is 2.67. The van der Waals surface area contributed by atoms with Gasteiger partial charge in [-0.1, -0.05) is 6.07 Å². The van der Waals surface area contributed by atoms with Crippen LogP contribution in [0.15, 0.2) is 12.1 Å². The molecule has 1 amide bonds. The molecule has 9 heteroatoms. The maximum Gasteiger partial charge on any atom is 0.407 e. The number of aromatic amines is 1. The summed E-state index contributed by atoms with van der Waals surface area (Å²) in [6.07, 6.45) is -4.91. The highest BCUT2D eigenvalue weighted by atomic mass is 35.5. The molecule has 0 spiro atoms. The molecule has 0 radical (unpaired) electrons. The molecule has 2 N–H and O–H groups in total. The normalized spacial score (nSPS) is 12.4. The van der Waals surface area contributed by atoms with Crippen LogP contribution in [0, 0.1) is 0 Å². The van der Waals surface area contributed by atoms with Crippen LogP contribution in [0.1, 0.15) is 50.6 Å². The lowest BCUT2D eigenvalue weighted by Gasteiger charge is -2.20. The number of nitrogens with one attached hydrogen (secondary N) is 2. The Morgan fingerprint density at radius 3 is 2.57 bits per heavy atom. The average molecular weight is 420 g/mol. The fraction of sp³-hybridized carbons (Fsp3) is 0.579. The van der Waals surface area contributed by atoms with Crippen LogP contribution in [-0.4, -0.2) is 34.4 Å². The summed E-state index contributed by atoms with van der Waals surface area (Å²) in [5.74, 6) is 0.754. The van der Waals surface area contributed by atoms with Gasteiger partial charge in [0.1, 0.15) is 11.4 Å². The summed E-state index contributed by atoms with van der Waals surface area (Å²) in [5.41, 5.74) is 2.37. The third-order valence-electron chi connectivity index (χ3n) is 3.98. The number of rotatable bonds is 7. The third kappa shape index (κ3) is 6.89. The maximum absolute atomic E-state index is 12.6. The van der Waals surface area contributed by atoms with E-state index in [0.717, 1.165) is 16.6 Å². The highest BCUT2D eigenvalue weighted by Gasteiger charge is 2.26. The van der Waals surface area contributed by atoms with E-state index < -0.39 is 24.3 Å². The molecule has 0 aliphatic heterocycles. The molecule has 156 valence electrons. The molecule has 1 aromatic heterocycles. The summed E-state index contributed by atoms with van der Waals surface area (Å²) < 4.78 is 42.9. The van der Waals surface area contributed by atoms with Gasteiger partial charge in [0.2, 0.25) is 0 Å². The molecule has 2 rings (SSSR count).